The van der Waals surface area contributed by atoms with Crippen LogP contribution in [0.15, 0.2) is 0 Å². The van der Waals surface area contributed by atoms with E-state index in [1.54, 1.807) is 6.92 Å². The number of aryl methyl sites for hydroxylation is 2. The first-order valence-corrected chi connectivity index (χ1v) is 8.76. The topological polar surface area (TPSA) is 85.2 Å². The Morgan fingerprint density at radius 2 is 1.96 bits per heavy atom. The molecular formula is C12H21F3N4O3S. The molecule has 0 aliphatic carbocycles. The number of aromatic nitrogens is 2. The van der Waals surface area contributed by atoms with Gasteiger partial charge in [-0.05, 0) is 19.9 Å². The number of nitrogens with zero attached hydrogens (tertiary/aromatic N) is 2. The second-order valence-corrected chi connectivity index (χ2v) is 6.93. The van der Waals surface area contributed by atoms with Gasteiger partial charge >= 0.3 is 6.18 Å². The van der Waals surface area contributed by atoms with Gasteiger partial charge in [-0.2, -0.15) is 18.3 Å². The van der Waals surface area contributed by atoms with Gasteiger partial charge in [0.05, 0.1) is 17.5 Å². The number of alkyl halides is 3. The van der Waals surface area contributed by atoms with E-state index in [0.717, 1.165) is 6.26 Å². The van der Waals surface area contributed by atoms with Crippen molar-refractivity contribution in [3.8, 4) is 5.88 Å². The Kier molecular flexibility index (Phi) is 6.84. The van der Waals surface area contributed by atoms with E-state index in [1.807, 2.05) is 0 Å². The van der Waals surface area contributed by atoms with E-state index in [1.165, 1.54) is 11.7 Å². The molecule has 0 unspecified atom stereocenters. The monoisotopic (exact) mass is 358 g/mol. The van der Waals surface area contributed by atoms with Crippen molar-refractivity contribution in [2.75, 3.05) is 26.0 Å². The molecule has 11 heteroatoms. The highest BCUT2D eigenvalue weighted by atomic mass is 32.2. The van der Waals surface area contributed by atoms with Crippen LogP contribution in [0.5, 0.6) is 5.88 Å². The van der Waals surface area contributed by atoms with Crippen LogP contribution in [-0.4, -0.2) is 50.3 Å². The molecule has 0 aliphatic heterocycles. The molecule has 0 bridgehead atoms. The van der Waals surface area contributed by atoms with Crippen LogP contribution < -0.4 is 14.8 Å². The summed E-state index contributed by atoms with van der Waals surface area (Å²) >= 11 is 0. The van der Waals surface area contributed by atoms with E-state index in [4.69, 9.17) is 4.74 Å². The maximum atomic E-state index is 12.3. The molecule has 1 rings (SSSR count). The van der Waals surface area contributed by atoms with Gasteiger partial charge in [-0.25, -0.2) is 17.8 Å². The van der Waals surface area contributed by atoms with Crippen LogP contribution in [0.1, 0.15) is 17.7 Å². The number of hydrogen-bond donors (Lipinski definition) is 2. The molecule has 2 N–H and O–H groups in total. The zero-order valence-electron chi connectivity index (χ0n) is 13.2. The fraction of sp³-hybridized carbons (Fsp3) is 0.750. The van der Waals surface area contributed by atoms with Crippen LogP contribution in [0, 0.1) is 6.92 Å². The van der Waals surface area contributed by atoms with Crippen molar-refractivity contribution in [2.45, 2.75) is 26.1 Å². The molecule has 0 saturated heterocycles. The number of sulfonamides is 1. The minimum atomic E-state index is -4.42. The Labute approximate surface area is 133 Å². The van der Waals surface area contributed by atoms with Crippen molar-refractivity contribution in [2.24, 2.45) is 7.05 Å². The molecule has 7 nitrogen and oxygen atoms in total. The van der Waals surface area contributed by atoms with Crippen molar-refractivity contribution in [3.63, 3.8) is 0 Å². The molecule has 0 saturated carbocycles. The van der Waals surface area contributed by atoms with Crippen LogP contribution >= 0.6 is 0 Å². The van der Waals surface area contributed by atoms with Gasteiger partial charge < -0.3 is 10.1 Å². The molecule has 1 aromatic heterocycles. The maximum Gasteiger partial charge on any atom is 0.422 e. The van der Waals surface area contributed by atoms with Crippen molar-refractivity contribution in [3.05, 3.63) is 11.3 Å². The van der Waals surface area contributed by atoms with E-state index in [9.17, 15) is 21.6 Å². The summed E-state index contributed by atoms with van der Waals surface area (Å²) in [6.07, 6.45) is -2.80. The number of nitrogens with one attached hydrogen (secondary N) is 2. The second kappa shape index (κ2) is 7.97. The van der Waals surface area contributed by atoms with Crippen LogP contribution in [0.3, 0.4) is 0 Å². The molecular weight excluding hydrogens is 337 g/mol. The highest BCUT2D eigenvalue weighted by Gasteiger charge is 2.30. The number of halogens is 3. The van der Waals surface area contributed by atoms with Gasteiger partial charge in [0.15, 0.2) is 6.61 Å². The maximum absolute atomic E-state index is 12.3. The second-order valence-electron chi connectivity index (χ2n) is 5.09. The summed E-state index contributed by atoms with van der Waals surface area (Å²) in [5.41, 5.74) is 1.12. The van der Waals surface area contributed by atoms with Gasteiger partial charge in [0.1, 0.15) is 0 Å². The highest BCUT2D eigenvalue weighted by Crippen LogP contribution is 2.24. The van der Waals surface area contributed by atoms with Gasteiger partial charge in [0, 0.05) is 20.1 Å². The van der Waals surface area contributed by atoms with Crippen molar-refractivity contribution >= 4 is 10.0 Å². The molecule has 0 amide bonds. The fourth-order valence-corrected chi connectivity index (χ4v) is 2.41. The van der Waals surface area contributed by atoms with E-state index in [0.29, 0.717) is 24.2 Å². The number of hydrogen-bond acceptors (Lipinski definition) is 5. The molecule has 0 spiro atoms. The summed E-state index contributed by atoms with van der Waals surface area (Å²) < 4.78 is 67.0. The minimum Gasteiger partial charge on any atom is -0.468 e. The summed E-state index contributed by atoms with van der Waals surface area (Å²) in [4.78, 5) is 0. The lowest BCUT2D eigenvalue weighted by Crippen LogP contribution is -2.26. The van der Waals surface area contributed by atoms with E-state index >= 15 is 0 Å². The van der Waals surface area contributed by atoms with Crippen LogP contribution in [0.25, 0.3) is 0 Å². The SMILES string of the molecule is Cc1nn(C)c(OCC(F)(F)F)c1CNCCCNS(C)(=O)=O. The Bertz CT molecular complexity index is 614. The third-order valence-corrected chi connectivity index (χ3v) is 3.59. The Hall–Kier alpha value is -1.33. The van der Waals surface area contributed by atoms with Crippen LogP contribution in [0.2, 0.25) is 0 Å². The first kappa shape index (κ1) is 19.7. The normalized spacial score (nSPS) is 12.6. The number of ether oxygens (including phenoxy) is 1. The van der Waals surface area contributed by atoms with Gasteiger partial charge in [-0.3, -0.25) is 0 Å². The van der Waals surface area contributed by atoms with Gasteiger partial charge in [0.25, 0.3) is 0 Å². The molecule has 1 heterocycles. The Morgan fingerprint density at radius 3 is 2.52 bits per heavy atom. The molecule has 0 fully saturated rings. The molecule has 0 aromatic carbocycles. The molecule has 1 aromatic rings. The predicted molar refractivity (Wildman–Crippen MR) is 78.7 cm³/mol. The Morgan fingerprint density at radius 1 is 1.30 bits per heavy atom. The standard InChI is InChI=1S/C12H21F3N4O3S/c1-9-10(7-16-5-4-6-17-23(3,20)21)11(19(2)18-9)22-8-12(13,14)15/h16-17H,4-8H2,1-3H3. The molecule has 23 heavy (non-hydrogen) atoms. The summed E-state index contributed by atoms with van der Waals surface area (Å²) in [5, 5.41) is 7.08. The Balaban J connectivity index is 2.50. The summed E-state index contributed by atoms with van der Waals surface area (Å²) in [6, 6.07) is 0. The van der Waals surface area contributed by atoms with Crippen LogP contribution in [0.4, 0.5) is 13.2 Å². The van der Waals surface area contributed by atoms with Gasteiger partial charge in [-0.15, -0.1) is 0 Å². The van der Waals surface area contributed by atoms with Crippen LogP contribution in [-0.2, 0) is 23.6 Å². The lowest BCUT2D eigenvalue weighted by atomic mass is 10.2. The third-order valence-electron chi connectivity index (χ3n) is 2.86. The van der Waals surface area contributed by atoms with Crippen molar-refractivity contribution in [1.29, 1.82) is 0 Å². The number of rotatable bonds is 9. The first-order valence-electron chi connectivity index (χ1n) is 6.87. The van der Waals surface area contributed by atoms with Crippen molar-refractivity contribution in [1.82, 2.24) is 19.8 Å². The molecule has 0 atom stereocenters. The van der Waals surface area contributed by atoms with E-state index < -0.39 is 22.8 Å². The quantitative estimate of drug-likeness (QED) is 0.635. The van der Waals surface area contributed by atoms with Gasteiger partial charge in [0.2, 0.25) is 15.9 Å². The largest absolute Gasteiger partial charge is 0.468 e. The van der Waals surface area contributed by atoms with Gasteiger partial charge in [-0.1, -0.05) is 0 Å². The third kappa shape index (κ3) is 7.66. The fourth-order valence-electron chi connectivity index (χ4n) is 1.90. The highest BCUT2D eigenvalue weighted by molar-refractivity contribution is 7.88. The lowest BCUT2D eigenvalue weighted by Gasteiger charge is -2.12. The lowest BCUT2D eigenvalue weighted by molar-refractivity contribution is -0.154. The minimum absolute atomic E-state index is 0.0709. The summed E-state index contributed by atoms with van der Waals surface area (Å²) in [6.45, 7) is 1.37. The summed E-state index contributed by atoms with van der Waals surface area (Å²) in [7, 11) is -1.70. The average molecular weight is 358 g/mol. The average Bonchev–Trinajstić information content (AvgIpc) is 2.63. The zero-order valence-corrected chi connectivity index (χ0v) is 14.0. The zero-order chi connectivity index (χ0) is 17.7. The molecule has 134 valence electrons. The smallest absolute Gasteiger partial charge is 0.422 e. The first-order chi connectivity index (χ1) is 10.5. The molecule has 0 radical (unpaired) electrons. The van der Waals surface area contributed by atoms with E-state index in [2.05, 4.69) is 15.1 Å². The molecule has 0 aliphatic rings. The predicted octanol–water partition coefficient (Wildman–Crippen LogP) is 0.699. The van der Waals surface area contributed by atoms with Crippen molar-refractivity contribution < 1.29 is 26.3 Å². The summed E-state index contributed by atoms with van der Waals surface area (Å²) in [5.74, 6) is 0.0709. The van der Waals surface area contributed by atoms with E-state index in [-0.39, 0.29) is 19.0 Å².